The minimum absolute atomic E-state index is 0.179. The zero-order valence-electron chi connectivity index (χ0n) is 9.81. The van der Waals surface area contributed by atoms with E-state index in [0.717, 1.165) is 19.6 Å². The molecule has 1 rings (SSSR count). The Hall–Kier alpha value is -0.120. The largest absolute Gasteiger partial charge is 0.377 e. The second-order valence-corrected chi connectivity index (χ2v) is 4.57. The standard InChI is InChI=1S/C11H24N2O/c1-13(2)9-5-8-12-10-11(14-3)6-4-7-11/h12H,4-10H2,1-3H3. The lowest BCUT2D eigenvalue weighted by Crippen LogP contribution is -2.48. The zero-order chi connectivity index (χ0) is 10.4. The highest BCUT2D eigenvalue weighted by Gasteiger charge is 2.36. The Morgan fingerprint density at radius 1 is 1.36 bits per heavy atom. The Balaban J connectivity index is 1.97. The predicted octanol–water partition coefficient (Wildman–Crippen LogP) is 1.10. The number of ether oxygens (including phenoxy) is 1. The molecule has 1 aliphatic carbocycles. The van der Waals surface area contributed by atoms with Gasteiger partial charge in [-0.2, -0.15) is 0 Å². The van der Waals surface area contributed by atoms with Gasteiger partial charge in [-0.15, -0.1) is 0 Å². The van der Waals surface area contributed by atoms with Crippen molar-refractivity contribution < 1.29 is 4.74 Å². The molecule has 0 bridgehead atoms. The number of nitrogens with one attached hydrogen (secondary N) is 1. The van der Waals surface area contributed by atoms with Gasteiger partial charge in [-0.05, 0) is 52.9 Å². The van der Waals surface area contributed by atoms with Crippen LogP contribution in [-0.4, -0.2) is 51.3 Å². The molecule has 0 aliphatic heterocycles. The van der Waals surface area contributed by atoms with Gasteiger partial charge in [0.2, 0.25) is 0 Å². The molecule has 84 valence electrons. The Morgan fingerprint density at radius 2 is 2.07 bits per heavy atom. The van der Waals surface area contributed by atoms with Crippen molar-refractivity contribution in [3.8, 4) is 0 Å². The molecule has 0 aromatic heterocycles. The lowest BCUT2D eigenvalue weighted by Gasteiger charge is -2.40. The van der Waals surface area contributed by atoms with Gasteiger partial charge in [-0.25, -0.2) is 0 Å². The van der Waals surface area contributed by atoms with Crippen LogP contribution in [0.4, 0.5) is 0 Å². The number of hydrogen-bond acceptors (Lipinski definition) is 3. The molecule has 0 amide bonds. The molecule has 0 spiro atoms. The SMILES string of the molecule is COC1(CNCCCN(C)C)CCC1. The van der Waals surface area contributed by atoms with E-state index in [1.807, 2.05) is 7.11 Å². The van der Waals surface area contributed by atoms with Gasteiger partial charge in [-0.1, -0.05) is 0 Å². The third kappa shape index (κ3) is 3.56. The van der Waals surface area contributed by atoms with Crippen LogP contribution in [0.5, 0.6) is 0 Å². The first-order chi connectivity index (χ1) is 6.68. The molecule has 0 radical (unpaired) electrons. The van der Waals surface area contributed by atoms with Crippen molar-refractivity contribution in [3.63, 3.8) is 0 Å². The smallest absolute Gasteiger partial charge is 0.0802 e. The lowest BCUT2D eigenvalue weighted by molar-refractivity contribution is -0.0692. The van der Waals surface area contributed by atoms with Crippen molar-refractivity contribution in [2.75, 3.05) is 40.8 Å². The van der Waals surface area contributed by atoms with E-state index in [9.17, 15) is 0 Å². The maximum Gasteiger partial charge on any atom is 0.0802 e. The summed E-state index contributed by atoms with van der Waals surface area (Å²) in [6, 6.07) is 0. The van der Waals surface area contributed by atoms with Crippen LogP contribution in [0.2, 0.25) is 0 Å². The molecule has 0 heterocycles. The predicted molar refractivity (Wildman–Crippen MR) is 59.6 cm³/mol. The van der Waals surface area contributed by atoms with Gasteiger partial charge in [0.1, 0.15) is 0 Å². The van der Waals surface area contributed by atoms with Gasteiger partial charge in [-0.3, -0.25) is 0 Å². The quantitative estimate of drug-likeness (QED) is 0.623. The maximum atomic E-state index is 5.53. The highest BCUT2D eigenvalue weighted by molar-refractivity contribution is 4.91. The molecule has 0 aromatic rings. The number of nitrogens with zero attached hydrogens (tertiary/aromatic N) is 1. The Bertz CT molecular complexity index is 150. The second-order valence-electron chi connectivity index (χ2n) is 4.57. The minimum atomic E-state index is 0.179. The van der Waals surface area contributed by atoms with E-state index in [-0.39, 0.29) is 5.60 Å². The number of methoxy groups -OCH3 is 1. The Morgan fingerprint density at radius 3 is 2.50 bits per heavy atom. The fraction of sp³-hybridized carbons (Fsp3) is 1.00. The van der Waals surface area contributed by atoms with E-state index in [4.69, 9.17) is 4.74 Å². The summed E-state index contributed by atoms with van der Waals surface area (Å²) in [5.41, 5.74) is 0.179. The molecule has 1 N–H and O–H groups in total. The van der Waals surface area contributed by atoms with Crippen LogP contribution in [-0.2, 0) is 4.74 Å². The van der Waals surface area contributed by atoms with E-state index in [1.165, 1.54) is 25.7 Å². The first-order valence-electron chi connectivity index (χ1n) is 5.59. The van der Waals surface area contributed by atoms with Crippen molar-refractivity contribution in [1.82, 2.24) is 10.2 Å². The lowest BCUT2D eigenvalue weighted by atomic mass is 9.80. The summed E-state index contributed by atoms with van der Waals surface area (Å²) < 4.78 is 5.53. The molecule has 14 heavy (non-hydrogen) atoms. The third-order valence-corrected chi connectivity index (χ3v) is 3.10. The van der Waals surface area contributed by atoms with E-state index < -0.39 is 0 Å². The van der Waals surface area contributed by atoms with Crippen LogP contribution in [0, 0.1) is 0 Å². The molecule has 1 saturated carbocycles. The molecular formula is C11H24N2O. The summed E-state index contributed by atoms with van der Waals surface area (Å²) in [6.45, 7) is 3.28. The van der Waals surface area contributed by atoms with Crippen LogP contribution in [0.15, 0.2) is 0 Å². The van der Waals surface area contributed by atoms with Gasteiger partial charge in [0.15, 0.2) is 0 Å². The van der Waals surface area contributed by atoms with Gasteiger partial charge in [0.25, 0.3) is 0 Å². The average Bonchev–Trinajstić information content (AvgIpc) is 2.08. The fourth-order valence-electron chi connectivity index (χ4n) is 1.86. The molecular weight excluding hydrogens is 176 g/mol. The summed E-state index contributed by atoms with van der Waals surface area (Å²) in [7, 11) is 6.06. The first kappa shape index (κ1) is 12.0. The monoisotopic (exact) mass is 200 g/mol. The second kappa shape index (κ2) is 5.69. The van der Waals surface area contributed by atoms with Crippen molar-refractivity contribution in [1.29, 1.82) is 0 Å². The minimum Gasteiger partial charge on any atom is -0.377 e. The molecule has 0 atom stereocenters. The van der Waals surface area contributed by atoms with Crippen molar-refractivity contribution in [2.24, 2.45) is 0 Å². The van der Waals surface area contributed by atoms with E-state index in [1.54, 1.807) is 0 Å². The van der Waals surface area contributed by atoms with Gasteiger partial charge < -0.3 is 15.0 Å². The van der Waals surface area contributed by atoms with Crippen LogP contribution >= 0.6 is 0 Å². The summed E-state index contributed by atoms with van der Waals surface area (Å²) in [4.78, 5) is 2.22. The number of rotatable bonds is 7. The Labute approximate surface area is 87.8 Å². The third-order valence-electron chi connectivity index (χ3n) is 3.10. The van der Waals surface area contributed by atoms with Crippen LogP contribution in [0.3, 0.4) is 0 Å². The topological polar surface area (TPSA) is 24.5 Å². The number of hydrogen-bond donors (Lipinski definition) is 1. The molecule has 0 aromatic carbocycles. The van der Waals surface area contributed by atoms with E-state index in [0.29, 0.717) is 0 Å². The molecule has 1 aliphatic rings. The zero-order valence-corrected chi connectivity index (χ0v) is 9.81. The molecule has 3 nitrogen and oxygen atoms in total. The molecule has 3 heteroatoms. The average molecular weight is 200 g/mol. The van der Waals surface area contributed by atoms with E-state index >= 15 is 0 Å². The maximum absolute atomic E-state index is 5.53. The molecule has 0 saturated heterocycles. The van der Waals surface area contributed by atoms with E-state index in [2.05, 4.69) is 24.3 Å². The summed E-state index contributed by atoms with van der Waals surface area (Å²) in [5.74, 6) is 0. The highest BCUT2D eigenvalue weighted by atomic mass is 16.5. The summed E-state index contributed by atoms with van der Waals surface area (Å²) in [6.07, 6.45) is 4.99. The van der Waals surface area contributed by atoms with Crippen LogP contribution in [0.1, 0.15) is 25.7 Å². The van der Waals surface area contributed by atoms with Crippen molar-refractivity contribution in [3.05, 3.63) is 0 Å². The normalized spacial score (nSPS) is 19.7. The highest BCUT2D eigenvalue weighted by Crippen LogP contribution is 2.34. The summed E-state index contributed by atoms with van der Waals surface area (Å²) in [5, 5.41) is 3.48. The fourth-order valence-corrected chi connectivity index (χ4v) is 1.86. The first-order valence-corrected chi connectivity index (χ1v) is 5.59. The molecule has 0 unspecified atom stereocenters. The Kier molecular flexibility index (Phi) is 4.85. The van der Waals surface area contributed by atoms with Gasteiger partial charge >= 0.3 is 0 Å². The molecule has 1 fully saturated rings. The van der Waals surface area contributed by atoms with Crippen molar-refractivity contribution >= 4 is 0 Å². The van der Waals surface area contributed by atoms with Crippen LogP contribution in [0.25, 0.3) is 0 Å². The summed E-state index contributed by atoms with van der Waals surface area (Å²) >= 11 is 0. The van der Waals surface area contributed by atoms with Gasteiger partial charge in [0, 0.05) is 13.7 Å². The van der Waals surface area contributed by atoms with Gasteiger partial charge in [0.05, 0.1) is 5.60 Å². The van der Waals surface area contributed by atoms with Crippen LogP contribution < -0.4 is 5.32 Å². The van der Waals surface area contributed by atoms with Crippen molar-refractivity contribution in [2.45, 2.75) is 31.3 Å².